The zero-order valence-corrected chi connectivity index (χ0v) is 10.9. The molecule has 4 heteroatoms. The molecule has 1 aliphatic rings. The number of para-hydroxylation sites is 1. The molecule has 0 aromatic heterocycles. The van der Waals surface area contributed by atoms with Gasteiger partial charge in [0.2, 0.25) is 0 Å². The monoisotopic (exact) mass is 248 g/mol. The molecule has 98 valence electrons. The maximum absolute atomic E-state index is 11.3. The fraction of sp³-hybridized carbons (Fsp3) is 0.500. The Bertz CT molecular complexity index is 469. The van der Waals surface area contributed by atoms with E-state index in [2.05, 4.69) is 18.7 Å². The lowest BCUT2D eigenvalue weighted by Crippen LogP contribution is -2.41. The number of nitrogen functional groups attached to an aromatic ring is 1. The zero-order chi connectivity index (χ0) is 13.3. The first kappa shape index (κ1) is 12.7. The molecular weight excluding hydrogens is 228 g/mol. The number of anilines is 2. The first-order valence-electron chi connectivity index (χ1n) is 6.27. The fourth-order valence-electron chi connectivity index (χ4n) is 2.70. The molecule has 0 amide bonds. The topological polar surface area (TPSA) is 66.6 Å². The van der Waals surface area contributed by atoms with E-state index < -0.39 is 5.97 Å². The average molecular weight is 248 g/mol. The maximum Gasteiger partial charge on any atom is 0.337 e. The van der Waals surface area contributed by atoms with Gasteiger partial charge >= 0.3 is 5.97 Å². The van der Waals surface area contributed by atoms with Crippen LogP contribution in [0.1, 0.15) is 37.0 Å². The number of carbonyl (C=O) groups is 1. The Balaban J connectivity index is 2.41. The Hall–Kier alpha value is -1.71. The van der Waals surface area contributed by atoms with Crippen molar-refractivity contribution >= 4 is 17.3 Å². The van der Waals surface area contributed by atoms with Gasteiger partial charge in [0.25, 0.3) is 0 Å². The summed E-state index contributed by atoms with van der Waals surface area (Å²) >= 11 is 0. The van der Waals surface area contributed by atoms with Gasteiger partial charge in [0.05, 0.1) is 16.9 Å². The molecule has 0 bridgehead atoms. The van der Waals surface area contributed by atoms with Crippen LogP contribution in [-0.2, 0) is 0 Å². The van der Waals surface area contributed by atoms with Gasteiger partial charge in [-0.05, 0) is 30.4 Å². The second-order valence-corrected chi connectivity index (χ2v) is 5.74. The highest BCUT2D eigenvalue weighted by Gasteiger charge is 2.29. The van der Waals surface area contributed by atoms with Crippen LogP contribution in [0.4, 0.5) is 11.4 Å². The van der Waals surface area contributed by atoms with Gasteiger partial charge in [-0.1, -0.05) is 19.9 Å². The minimum atomic E-state index is -0.916. The van der Waals surface area contributed by atoms with Crippen LogP contribution >= 0.6 is 0 Å². The third-order valence-electron chi connectivity index (χ3n) is 3.51. The summed E-state index contributed by atoms with van der Waals surface area (Å²) in [5, 5.41) is 9.27. The molecular formula is C14H20N2O2. The van der Waals surface area contributed by atoms with E-state index in [9.17, 15) is 9.90 Å². The molecule has 1 fully saturated rings. The van der Waals surface area contributed by atoms with E-state index in [4.69, 9.17) is 5.73 Å². The van der Waals surface area contributed by atoms with Crippen LogP contribution < -0.4 is 10.6 Å². The summed E-state index contributed by atoms with van der Waals surface area (Å²) < 4.78 is 0. The molecule has 18 heavy (non-hydrogen) atoms. The predicted octanol–water partition coefficient (Wildman–Crippen LogP) is 2.59. The minimum absolute atomic E-state index is 0.205. The Labute approximate surface area is 107 Å². The average Bonchev–Trinajstić information content (AvgIpc) is 2.27. The van der Waals surface area contributed by atoms with Gasteiger partial charge in [-0.3, -0.25) is 0 Å². The number of aromatic carboxylic acids is 1. The highest BCUT2D eigenvalue weighted by molar-refractivity contribution is 5.98. The molecule has 2 rings (SSSR count). The van der Waals surface area contributed by atoms with Crippen LogP contribution in [0.2, 0.25) is 0 Å². The van der Waals surface area contributed by atoms with Crippen molar-refractivity contribution in [1.29, 1.82) is 0 Å². The number of hydrogen-bond donors (Lipinski definition) is 2. The Morgan fingerprint density at radius 1 is 1.44 bits per heavy atom. The van der Waals surface area contributed by atoms with E-state index in [0.29, 0.717) is 16.9 Å². The molecule has 3 N–H and O–H groups in total. The van der Waals surface area contributed by atoms with Crippen molar-refractivity contribution in [2.24, 2.45) is 5.41 Å². The number of carboxylic acids is 1. The van der Waals surface area contributed by atoms with E-state index in [1.54, 1.807) is 18.2 Å². The summed E-state index contributed by atoms with van der Waals surface area (Å²) in [6.07, 6.45) is 2.24. The Morgan fingerprint density at radius 3 is 2.78 bits per heavy atom. The summed E-state index contributed by atoms with van der Waals surface area (Å²) in [6, 6.07) is 5.08. The molecule has 4 nitrogen and oxygen atoms in total. The van der Waals surface area contributed by atoms with Crippen molar-refractivity contribution in [3.8, 4) is 0 Å². The third kappa shape index (κ3) is 2.42. The quantitative estimate of drug-likeness (QED) is 0.789. The molecule has 0 spiro atoms. The number of benzene rings is 1. The highest BCUT2D eigenvalue weighted by atomic mass is 16.4. The van der Waals surface area contributed by atoms with Crippen LogP contribution in [0, 0.1) is 5.41 Å². The fourth-order valence-corrected chi connectivity index (χ4v) is 2.70. The number of hydrogen-bond acceptors (Lipinski definition) is 3. The first-order valence-corrected chi connectivity index (χ1v) is 6.27. The first-order chi connectivity index (χ1) is 8.41. The van der Waals surface area contributed by atoms with Gasteiger partial charge in [-0.25, -0.2) is 4.79 Å². The summed E-state index contributed by atoms with van der Waals surface area (Å²) in [4.78, 5) is 13.4. The number of piperidine rings is 1. The van der Waals surface area contributed by atoms with Crippen molar-refractivity contribution in [2.45, 2.75) is 26.7 Å². The highest BCUT2D eigenvalue weighted by Crippen LogP contribution is 2.36. The van der Waals surface area contributed by atoms with E-state index in [0.717, 1.165) is 19.5 Å². The van der Waals surface area contributed by atoms with Crippen LogP contribution in [0.25, 0.3) is 0 Å². The molecule has 1 aliphatic heterocycles. The molecule has 0 unspecified atom stereocenters. The standard InChI is InChI=1S/C14H20N2O2/c1-14(2)7-4-8-16(9-14)12-10(13(17)18)5-3-6-11(12)15/h3,5-6H,4,7-9,15H2,1-2H3,(H,17,18). The van der Waals surface area contributed by atoms with Crippen molar-refractivity contribution in [3.63, 3.8) is 0 Å². The van der Waals surface area contributed by atoms with Gasteiger partial charge in [-0.2, -0.15) is 0 Å². The van der Waals surface area contributed by atoms with E-state index >= 15 is 0 Å². The normalized spacial score (nSPS) is 18.7. The van der Waals surface area contributed by atoms with Gasteiger partial charge in [-0.15, -0.1) is 0 Å². The second kappa shape index (κ2) is 4.52. The molecule has 0 atom stereocenters. The largest absolute Gasteiger partial charge is 0.478 e. The Kier molecular flexibility index (Phi) is 3.20. The molecule has 0 saturated carbocycles. The summed E-state index contributed by atoms with van der Waals surface area (Å²) in [5.41, 5.74) is 7.70. The number of rotatable bonds is 2. The van der Waals surface area contributed by atoms with Crippen molar-refractivity contribution < 1.29 is 9.90 Å². The lowest BCUT2D eigenvalue weighted by atomic mass is 9.83. The summed E-state index contributed by atoms with van der Waals surface area (Å²) in [6.45, 7) is 6.14. The molecule has 1 saturated heterocycles. The van der Waals surface area contributed by atoms with Gasteiger partial charge < -0.3 is 15.7 Å². The third-order valence-corrected chi connectivity index (χ3v) is 3.51. The Morgan fingerprint density at radius 2 is 2.17 bits per heavy atom. The summed E-state index contributed by atoms with van der Waals surface area (Å²) in [5.74, 6) is -0.916. The number of carboxylic acid groups (broad SMARTS) is 1. The molecule has 1 aromatic carbocycles. The van der Waals surface area contributed by atoms with Gasteiger partial charge in [0.15, 0.2) is 0 Å². The van der Waals surface area contributed by atoms with Gasteiger partial charge in [0.1, 0.15) is 0 Å². The predicted molar refractivity (Wildman–Crippen MR) is 73.0 cm³/mol. The van der Waals surface area contributed by atoms with Crippen LogP contribution in [0.5, 0.6) is 0 Å². The van der Waals surface area contributed by atoms with E-state index in [1.807, 2.05) is 0 Å². The lowest BCUT2D eigenvalue weighted by Gasteiger charge is -2.40. The molecule has 1 heterocycles. The SMILES string of the molecule is CC1(C)CCCN(c2c(N)cccc2C(=O)O)C1. The van der Waals surface area contributed by atoms with Crippen molar-refractivity contribution in [1.82, 2.24) is 0 Å². The van der Waals surface area contributed by atoms with E-state index in [-0.39, 0.29) is 5.41 Å². The molecule has 0 radical (unpaired) electrons. The van der Waals surface area contributed by atoms with Crippen molar-refractivity contribution in [3.05, 3.63) is 23.8 Å². The second-order valence-electron chi connectivity index (χ2n) is 5.74. The van der Waals surface area contributed by atoms with Crippen molar-refractivity contribution in [2.75, 3.05) is 23.7 Å². The molecule has 0 aliphatic carbocycles. The smallest absolute Gasteiger partial charge is 0.337 e. The lowest BCUT2D eigenvalue weighted by molar-refractivity contribution is 0.0697. The van der Waals surface area contributed by atoms with Crippen LogP contribution in [0.15, 0.2) is 18.2 Å². The van der Waals surface area contributed by atoms with Gasteiger partial charge in [0, 0.05) is 13.1 Å². The number of nitrogens with two attached hydrogens (primary N) is 1. The van der Waals surface area contributed by atoms with E-state index in [1.165, 1.54) is 6.42 Å². The van der Waals surface area contributed by atoms with Crippen LogP contribution in [-0.4, -0.2) is 24.2 Å². The summed E-state index contributed by atoms with van der Waals surface area (Å²) in [7, 11) is 0. The minimum Gasteiger partial charge on any atom is -0.478 e. The number of nitrogens with zero attached hydrogens (tertiary/aromatic N) is 1. The van der Waals surface area contributed by atoms with Crippen LogP contribution in [0.3, 0.4) is 0 Å². The zero-order valence-electron chi connectivity index (χ0n) is 10.9. The molecule has 1 aromatic rings. The maximum atomic E-state index is 11.3.